The SMILES string of the molecule is c1ccc(-c2cc(-c3ccc(-c4ccc5c(n4)-c4nc6ccccc6c(-c6ccccn6)c4CC5)cc3)cc(-c3ccccn3)n2)nc1. The van der Waals surface area contributed by atoms with Gasteiger partial charge in [-0.3, -0.25) is 15.0 Å². The van der Waals surface area contributed by atoms with Crippen LogP contribution in [0, 0.1) is 0 Å². The van der Waals surface area contributed by atoms with Crippen molar-refractivity contribution in [3.63, 3.8) is 0 Å². The van der Waals surface area contributed by atoms with Crippen LogP contribution in [0.3, 0.4) is 0 Å². The van der Waals surface area contributed by atoms with Gasteiger partial charge >= 0.3 is 0 Å². The summed E-state index contributed by atoms with van der Waals surface area (Å²) in [5.74, 6) is 0. The lowest BCUT2D eigenvalue weighted by Crippen LogP contribution is -2.10. The first-order valence-electron chi connectivity index (χ1n) is 16.1. The van der Waals surface area contributed by atoms with Crippen LogP contribution < -0.4 is 0 Å². The molecule has 0 saturated carbocycles. The average Bonchev–Trinajstić information content (AvgIpc) is 3.17. The third-order valence-electron chi connectivity index (χ3n) is 8.96. The van der Waals surface area contributed by atoms with Gasteiger partial charge in [0.15, 0.2) is 0 Å². The number of aromatic nitrogens is 6. The van der Waals surface area contributed by atoms with Gasteiger partial charge in [-0.1, -0.05) is 66.7 Å². The van der Waals surface area contributed by atoms with Crippen LogP contribution >= 0.6 is 0 Å². The molecule has 2 aromatic carbocycles. The first-order chi connectivity index (χ1) is 23.8. The van der Waals surface area contributed by atoms with Crippen LogP contribution in [-0.2, 0) is 12.8 Å². The van der Waals surface area contributed by atoms with E-state index in [4.69, 9.17) is 19.9 Å². The summed E-state index contributed by atoms with van der Waals surface area (Å²) < 4.78 is 0. The predicted molar refractivity (Wildman–Crippen MR) is 191 cm³/mol. The first-order valence-corrected chi connectivity index (χ1v) is 16.1. The van der Waals surface area contributed by atoms with Crippen LogP contribution in [0.25, 0.3) is 78.7 Å². The molecule has 226 valence electrons. The maximum atomic E-state index is 5.27. The minimum Gasteiger partial charge on any atom is -0.256 e. The summed E-state index contributed by atoms with van der Waals surface area (Å²) in [6.07, 6.45) is 7.25. The van der Waals surface area contributed by atoms with Gasteiger partial charge in [-0.15, -0.1) is 0 Å². The molecule has 6 heterocycles. The number of benzene rings is 2. The Labute approximate surface area is 277 Å². The summed E-state index contributed by atoms with van der Waals surface area (Å²) in [7, 11) is 0. The maximum absolute atomic E-state index is 5.27. The lowest BCUT2D eigenvalue weighted by molar-refractivity contribution is 0.919. The summed E-state index contributed by atoms with van der Waals surface area (Å²) in [4.78, 5) is 29.3. The molecule has 0 amide bonds. The molecule has 9 rings (SSSR count). The fourth-order valence-corrected chi connectivity index (χ4v) is 6.63. The van der Waals surface area contributed by atoms with Crippen molar-refractivity contribution in [3.05, 3.63) is 157 Å². The Morgan fingerprint density at radius 2 is 1.02 bits per heavy atom. The van der Waals surface area contributed by atoms with E-state index in [1.807, 2.05) is 60.8 Å². The van der Waals surface area contributed by atoms with Crippen molar-refractivity contribution in [3.8, 4) is 67.8 Å². The maximum Gasteiger partial charge on any atom is 0.0935 e. The zero-order chi connectivity index (χ0) is 31.9. The van der Waals surface area contributed by atoms with Crippen LogP contribution in [0.2, 0.25) is 0 Å². The van der Waals surface area contributed by atoms with Crippen molar-refractivity contribution in [2.75, 3.05) is 0 Å². The van der Waals surface area contributed by atoms with Gasteiger partial charge in [0.2, 0.25) is 0 Å². The van der Waals surface area contributed by atoms with Crippen molar-refractivity contribution >= 4 is 10.9 Å². The van der Waals surface area contributed by atoms with Crippen molar-refractivity contribution in [1.82, 2.24) is 29.9 Å². The van der Waals surface area contributed by atoms with E-state index in [0.717, 1.165) is 91.5 Å². The monoisotopic (exact) mass is 616 g/mol. The third kappa shape index (κ3) is 5.00. The molecule has 0 bridgehead atoms. The molecule has 0 fully saturated rings. The van der Waals surface area contributed by atoms with E-state index < -0.39 is 0 Å². The minimum absolute atomic E-state index is 0.804. The van der Waals surface area contributed by atoms with Crippen LogP contribution in [0.15, 0.2) is 146 Å². The number of pyridine rings is 6. The summed E-state index contributed by atoms with van der Waals surface area (Å²) in [5, 5.41) is 1.12. The second-order valence-corrected chi connectivity index (χ2v) is 11.9. The summed E-state index contributed by atoms with van der Waals surface area (Å²) in [6.45, 7) is 0. The number of rotatable bonds is 5. The highest BCUT2D eigenvalue weighted by molar-refractivity contribution is 5.98. The Bertz CT molecular complexity index is 2370. The fourth-order valence-electron chi connectivity index (χ4n) is 6.63. The van der Waals surface area contributed by atoms with E-state index in [1.165, 1.54) is 11.1 Å². The number of hydrogen-bond donors (Lipinski definition) is 0. The molecular weight excluding hydrogens is 589 g/mol. The topological polar surface area (TPSA) is 77.3 Å². The van der Waals surface area contributed by atoms with Gasteiger partial charge in [-0.05, 0) is 95.8 Å². The van der Waals surface area contributed by atoms with Crippen LogP contribution in [0.1, 0.15) is 11.1 Å². The highest BCUT2D eigenvalue weighted by atomic mass is 14.8. The largest absolute Gasteiger partial charge is 0.256 e. The van der Waals surface area contributed by atoms with Gasteiger partial charge in [0, 0.05) is 35.1 Å². The molecule has 0 unspecified atom stereocenters. The number of aryl methyl sites for hydroxylation is 1. The number of para-hydroxylation sites is 1. The molecule has 8 aromatic rings. The summed E-state index contributed by atoms with van der Waals surface area (Å²) in [6, 6.07) is 43.3. The number of nitrogens with zero attached hydrogens (tertiary/aromatic N) is 6. The predicted octanol–water partition coefficient (Wildman–Crippen LogP) is 9.31. The molecule has 0 N–H and O–H groups in total. The molecular formula is C42H28N6. The molecule has 0 aliphatic heterocycles. The van der Waals surface area contributed by atoms with Gasteiger partial charge in [-0.2, -0.15) is 0 Å². The Balaban J connectivity index is 1.12. The van der Waals surface area contributed by atoms with E-state index in [1.54, 1.807) is 12.4 Å². The standard InChI is InChI=1S/C42H28N6/c1-2-10-34-31(9-1)40(37-13-5-8-24-45-37)32-20-18-29-19-21-33(47-41(29)42(32)48-34)28-16-14-27(15-17-28)30-25-38(35-11-3-6-22-43-35)46-39(26-30)36-12-4-7-23-44-36/h1-17,19,21-26H,18,20H2. The Kier molecular flexibility index (Phi) is 6.82. The van der Waals surface area contributed by atoms with Gasteiger partial charge in [0.25, 0.3) is 0 Å². The minimum atomic E-state index is 0.804. The molecule has 48 heavy (non-hydrogen) atoms. The van der Waals surface area contributed by atoms with Crippen LogP contribution in [-0.4, -0.2) is 29.9 Å². The second kappa shape index (κ2) is 11.8. The first kappa shape index (κ1) is 27.9. The smallest absolute Gasteiger partial charge is 0.0935 e. The molecule has 0 spiro atoms. The molecule has 6 heteroatoms. The van der Waals surface area contributed by atoms with Crippen molar-refractivity contribution in [2.45, 2.75) is 12.8 Å². The van der Waals surface area contributed by atoms with Crippen molar-refractivity contribution in [2.24, 2.45) is 0 Å². The zero-order valence-electron chi connectivity index (χ0n) is 26.0. The molecule has 1 aliphatic carbocycles. The molecule has 1 aliphatic rings. The third-order valence-corrected chi connectivity index (χ3v) is 8.96. The van der Waals surface area contributed by atoms with E-state index in [0.29, 0.717) is 0 Å². The quantitative estimate of drug-likeness (QED) is 0.192. The normalized spacial score (nSPS) is 12.0. The van der Waals surface area contributed by atoms with Crippen molar-refractivity contribution < 1.29 is 0 Å². The van der Waals surface area contributed by atoms with Crippen LogP contribution in [0.4, 0.5) is 0 Å². The number of hydrogen-bond acceptors (Lipinski definition) is 6. The Hall–Kier alpha value is -6.40. The highest BCUT2D eigenvalue weighted by Crippen LogP contribution is 2.41. The van der Waals surface area contributed by atoms with E-state index in [-0.39, 0.29) is 0 Å². The zero-order valence-corrected chi connectivity index (χ0v) is 26.0. The Morgan fingerprint density at radius 3 is 1.69 bits per heavy atom. The molecule has 6 aromatic heterocycles. The van der Waals surface area contributed by atoms with E-state index in [2.05, 4.69) is 82.8 Å². The van der Waals surface area contributed by atoms with E-state index >= 15 is 0 Å². The molecule has 6 nitrogen and oxygen atoms in total. The van der Waals surface area contributed by atoms with Gasteiger partial charge in [0.1, 0.15) is 0 Å². The van der Waals surface area contributed by atoms with Gasteiger partial charge < -0.3 is 0 Å². The Morgan fingerprint density at radius 1 is 0.396 bits per heavy atom. The van der Waals surface area contributed by atoms with Gasteiger partial charge in [-0.25, -0.2) is 15.0 Å². The molecule has 0 radical (unpaired) electrons. The van der Waals surface area contributed by atoms with Crippen LogP contribution in [0.5, 0.6) is 0 Å². The van der Waals surface area contributed by atoms with Crippen molar-refractivity contribution in [1.29, 1.82) is 0 Å². The summed E-state index contributed by atoms with van der Waals surface area (Å²) >= 11 is 0. The average molecular weight is 617 g/mol. The lowest BCUT2D eigenvalue weighted by Gasteiger charge is -2.23. The highest BCUT2D eigenvalue weighted by Gasteiger charge is 2.25. The number of fused-ring (bicyclic) bond motifs is 4. The second-order valence-electron chi connectivity index (χ2n) is 11.9. The molecule has 0 atom stereocenters. The summed E-state index contributed by atoms with van der Waals surface area (Å²) in [5.41, 5.74) is 14.7. The fraction of sp³-hybridized carbons (Fsp3) is 0.0476. The van der Waals surface area contributed by atoms with Gasteiger partial charge in [0.05, 0.1) is 51.1 Å². The molecule has 0 saturated heterocycles. The lowest BCUT2D eigenvalue weighted by atomic mass is 9.86. The van der Waals surface area contributed by atoms with E-state index in [9.17, 15) is 0 Å².